The van der Waals surface area contributed by atoms with Crippen LogP contribution in [0.1, 0.15) is 41.0 Å². The van der Waals surface area contributed by atoms with Crippen LogP contribution in [0.2, 0.25) is 0 Å². The molecule has 0 aliphatic heterocycles. The molecule has 1 aromatic rings. The van der Waals surface area contributed by atoms with Crippen molar-refractivity contribution in [2.45, 2.75) is 38.6 Å². The molecule has 0 saturated heterocycles. The molecule has 1 saturated carbocycles. The van der Waals surface area contributed by atoms with E-state index < -0.39 is 0 Å². The maximum absolute atomic E-state index is 12.0. The Kier molecular flexibility index (Phi) is 4.58. The van der Waals surface area contributed by atoms with Crippen molar-refractivity contribution in [3.8, 4) is 0 Å². The van der Waals surface area contributed by atoms with E-state index in [4.69, 9.17) is 0 Å². The van der Waals surface area contributed by atoms with E-state index >= 15 is 0 Å². The van der Waals surface area contributed by atoms with E-state index in [0.29, 0.717) is 6.04 Å². The molecule has 0 aromatic carbocycles. The highest BCUT2D eigenvalue weighted by atomic mass is 32.1. The number of nitrogens with one attached hydrogen (secondary N) is 1. The molecule has 1 aliphatic carbocycles. The van der Waals surface area contributed by atoms with Crippen molar-refractivity contribution < 1.29 is 4.79 Å². The molecule has 19 heavy (non-hydrogen) atoms. The zero-order valence-electron chi connectivity index (χ0n) is 11.8. The van der Waals surface area contributed by atoms with Gasteiger partial charge in [-0.25, -0.2) is 4.98 Å². The lowest BCUT2D eigenvalue weighted by Gasteiger charge is -2.09. The van der Waals surface area contributed by atoms with E-state index in [1.807, 2.05) is 25.9 Å². The molecule has 1 N–H and O–H groups in total. The van der Waals surface area contributed by atoms with Crippen LogP contribution in [0.25, 0.3) is 0 Å². The van der Waals surface area contributed by atoms with Crippen LogP contribution in [0, 0.1) is 6.92 Å². The number of aryl methyl sites for hydroxylation is 1. The average molecular weight is 279 g/mol. The minimum absolute atomic E-state index is 0.0307. The topological polar surface area (TPSA) is 45.2 Å². The molecule has 4 nitrogen and oxygen atoms in total. The third-order valence-corrected chi connectivity index (χ3v) is 4.33. The van der Waals surface area contributed by atoms with Crippen LogP contribution >= 0.6 is 11.3 Å². The van der Waals surface area contributed by atoms with Crippen molar-refractivity contribution in [1.82, 2.24) is 9.88 Å². The van der Waals surface area contributed by atoms with E-state index in [-0.39, 0.29) is 5.78 Å². The zero-order valence-corrected chi connectivity index (χ0v) is 12.6. The summed E-state index contributed by atoms with van der Waals surface area (Å²) in [6, 6.07) is 0.533. The van der Waals surface area contributed by atoms with Gasteiger partial charge < -0.3 is 10.2 Å². The molecular weight excluding hydrogens is 258 g/mol. The normalized spacial score (nSPS) is 16.2. The molecule has 0 radical (unpaired) electrons. The third kappa shape index (κ3) is 3.80. The van der Waals surface area contributed by atoms with Gasteiger partial charge in [0.05, 0.1) is 10.6 Å². The molecule has 1 fully saturated rings. The number of hydrogen-bond acceptors (Lipinski definition) is 5. The number of thiazole rings is 1. The Bertz CT molecular complexity index is 473. The van der Waals surface area contributed by atoms with Crippen molar-refractivity contribution in [2.75, 3.05) is 19.4 Å². The number of allylic oxidation sites excluding steroid dienone is 1. The van der Waals surface area contributed by atoms with Gasteiger partial charge in [-0.2, -0.15) is 0 Å². The first kappa shape index (κ1) is 14.1. The van der Waals surface area contributed by atoms with Gasteiger partial charge >= 0.3 is 0 Å². The summed E-state index contributed by atoms with van der Waals surface area (Å²) in [4.78, 5) is 19.1. The lowest BCUT2D eigenvalue weighted by atomic mass is 10.2. The molecule has 0 unspecified atom stereocenters. The Balaban J connectivity index is 2.05. The van der Waals surface area contributed by atoms with Crippen molar-refractivity contribution in [2.24, 2.45) is 0 Å². The van der Waals surface area contributed by atoms with Crippen LogP contribution in [0.5, 0.6) is 0 Å². The fraction of sp³-hybridized carbons (Fsp3) is 0.571. The number of anilines is 1. The van der Waals surface area contributed by atoms with Gasteiger partial charge in [0.1, 0.15) is 0 Å². The summed E-state index contributed by atoms with van der Waals surface area (Å²) in [7, 11) is 3.80. The lowest BCUT2D eigenvalue weighted by Crippen LogP contribution is -2.13. The lowest BCUT2D eigenvalue weighted by molar-refractivity contribution is 0.104. The van der Waals surface area contributed by atoms with Crippen molar-refractivity contribution in [3.63, 3.8) is 0 Å². The molecule has 0 spiro atoms. The molecule has 104 valence electrons. The summed E-state index contributed by atoms with van der Waals surface area (Å²) >= 11 is 1.46. The molecule has 0 bridgehead atoms. The third-order valence-electron chi connectivity index (χ3n) is 3.23. The minimum atomic E-state index is 0.0307. The highest BCUT2D eigenvalue weighted by Gasteiger charge is 2.18. The predicted octanol–water partition coefficient (Wildman–Crippen LogP) is 3.06. The van der Waals surface area contributed by atoms with E-state index in [0.717, 1.165) is 15.7 Å². The maximum atomic E-state index is 12.0. The van der Waals surface area contributed by atoms with Gasteiger partial charge in [0, 0.05) is 32.4 Å². The van der Waals surface area contributed by atoms with Gasteiger partial charge in [-0.1, -0.05) is 24.2 Å². The molecule has 1 aromatic heterocycles. The van der Waals surface area contributed by atoms with E-state index in [2.05, 4.69) is 10.3 Å². The Morgan fingerprint density at radius 3 is 2.74 bits per heavy atom. The molecule has 2 rings (SSSR count). The average Bonchev–Trinajstić information content (AvgIpc) is 2.96. The Morgan fingerprint density at radius 2 is 2.11 bits per heavy atom. The van der Waals surface area contributed by atoms with Gasteiger partial charge in [-0.3, -0.25) is 4.79 Å². The fourth-order valence-electron chi connectivity index (χ4n) is 2.22. The Hall–Kier alpha value is -1.36. The quantitative estimate of drug-likeness (QED) is 0.664. The molecule has 1 aliphatic rings. The molecule has 1 heterocycles. The SMILES string of the molecule is Cc1nc(NC2CCCC2)sc1C(=O)/C=C/N(C)C. The number of carbonyl (C=O) groups is 1. The van der Waals surface area contributed by atoms with E-state index in [1.165, 1.54) is 37.0 Å². The van der Waals surface area contributed by atoms with Gasteiger partial charge in [0.2, 0.25) is 0 Å². The maximum Gasteiger partial charge on any atom is 0.199 e. The smallest absolute Gasteiger partial charge is 0.199 e. The Morgan fingerprint density at radius 1 is 1.42 bits per heavy atom. The Labute approximate surface area is 118 Å². The van der Waals surface area contributed by atoms with E-state index in [9.17, 15) is 4.79 Å². The summed E-state index contributed by atoms with van der Waals surface area (Å²) in [5.41, 5.74) is 0.818. The number of aromatic nitrogens is 1. The highest BCUT2D eigenvalue weighted by molar-refractivity contribution is 7.17. The van der Waals surface area contributed by atoms with E-state index in [1.54, 1.807) is 12.3 Å². The number of hydrogen-bond donors (Lipinski definition) is 1. The second kappa shape index (κ2) is 6.19. The first-order valence-electron chi connectivity index (χ1n) is 6.69. The van der Waals surface area contributed by atoms with Crippen molar-refractivity contribution >= 4 is 22.3 Å². The van der Waals surface area contributed by atoms with Crippen LogP contribution in [0.3, 0.4) is 0 Å². The van der Waals surface area contributed by atoms with Crippen LogP contribution in [0.4, 0.5) is 5.13 Å². The highest BCUT2D eigenvalue weighted by Crippen LogP contribution is 2.27. The summed E-state index contributed by atoms with van der Waals surface area (Å²) in [5, 5.41) is 4.32. The zero-order chi connectivity index (χ0) is 13.8. The first-order chi connectivity index (χ1) is 9.06. The fourth-order valence-corrected chi connectivity index (χ4v) is 3.19. The number of ketones is 1. The molecule has 0 atom stereocenters. The van der Waals surface area contributed by atoms with Crippen molar-refractivity contribution in [3.05, 3.63) is 22.8 Å². The molecule has 5 heteroatoms. The number of rotatable bonds is 5. The predicted molar refractivity (Wildman–Crippen MR) is 79.9 cm³/mol. The van der Waals surface area contributed by atoms with Gasteiger partial charge in [-0.15, -0.1) is 0 Å². The molecular formula is C14H21N3OS. The van der Waals surface area contributed by atoms with Gasteiger partial charge in [0.15, 0.2) is 10.9 Å². The van der Waals surface area contributed by atoms with Crippen LogP contribution in [-0.2, 0) is 0 Å². The van der Waals surface area contributed by atoms with Crippen LogP contribution < -0.4 is 5.32 Å². The summed E-state index contributed by atoms with van der Waals surface area (Å²) < 4.78 is 0. The second-order valence-corrected chi connectivity index (χ2v) is 6.20. The standard InChI is InChI=1S/C14H21N3OS/c1-10-13(12(18)8-9-17(2)3)19-14(15-10)16-11-6-4-5-7-11/h8-9,11H,4-7H2,1-3H3,(H,15,16)/b9-8+. The summed E-state index contributed by atoms with van der Waals surface area (Å²) in [6.07, 6.45) is 8.37. The molecule has 0 amide bonds. The van der Waals surface area contributed by atoms with Crippen LogP contribution in [-0.4, -0.2) is 35.8 Å². The summed E-state index contributed by atoms with van der Waals surface area (Å²) in [5.74, 6) is 0.0307. The van der Waals surface area contributed by atoms with Crippen LogP contribution in [0.15, 0.2) is 12.3 Å². The second-order valence-electron chi connectivity index (χ2n) is 5.20. The summed E-state index contributed by atoms with van der Waals surface area (Å²) in [6.45, 7) is 1.90. The van der Waals surface area contributed by atoms with Gasteiger partial charge in [-0.05, 0) is 19.8 Å². The largest absolute Gasteiger partial charge is 0.383 e. The number of carbonyl (C=O) groups excluding carboxylic acids is 1. The first-order valence-corrected chi connectivity index (χ1v) is 7.51. The number of nitrogens with zero attached hydrogens (tertiary/aromatic N) is 2. The minimum Gasteiger partial charge on any atom is -0.383 e. The van der Waals surface area contributed by atoms with Gasteiger partial charge in [0.25, 0.3) is 0 Å². The van der Waals surface area contributed by atoms with Crippen molar-refractivity contribution in [1.29, 1.82) is 0 Å². The monoisotopic (exact) mass is 279 g/mol.